The van der Waals surface area contributed by atoms with E-state index in [1.165, 1.54) is 0 Å². The molecule has 0 radical (unpaired) electrons. The fraction of sp³-hybridized carbons (Fsp3) is 0.308. The highest BCUT2D eigenvalue weighted by molar-refractivity contribution is 7.94. The molecule has 2 aromatic rings. The molecule has 0 atom stereocenters. The number of hydrogen-bond donors (Lipinski definition) is 1. The predicted octanol–water partition coefficient (Wildman–Crippen LogP) is 3.86. The molecule has 0 saturated heterocycles. The summed E-state index contributed by atoms with van der Waals surface area (Å²) in [4.78, 5) is 3.94. The molecule has 1 aromatic heterocycles. The van der Waals surface area contributed by atoms with Gasteiger partial charge in [0.25, 0.3) is 10.0 Å². The Morgan fingerprint density at radius 2 is 2.05 bits per heavy atom. The largest absolute Gasteiger partial charge is 0.279 e. The number of halogens is 1. The van der Waals surface area contributed by atoms with Crippen molar-refractivity contribution in [3.8, 4) is 0 Å². The van der Waals surface area contributed by atoms with E-state index in [4.69, 9.17) is 11.6 Å². The lowest BCUT2D eigenvalue weighted by atomic mass is 10.1. The minimum atomic E-state index is -3.64. The molecule has 0 saturated carbocycles. The summed E-state index contributed by atoms with van der Waals surface area (Å²) in [5.41, 5.74) is 2.01. The highest BCUT2D eigenvalue weighted by Crippen LogP contribution is 2.29. The van der Waals surface area contributed by atoms with Crippen LogP contribution in [0.3, 0.4) is 0 Å². The smallest absolute Gasteiger partial charge is 0.273 e. The van der Waals surface area contributed by atoms with Crippen molar-refractivity contribution in [1.29, 1.82) is 0 Å². The fourth-order valence-electron chi connectivity index (χ4n) is 1.90. The lowest BCUT2D eigenvalue weighted by molar-refractivity contribution is 0.602. The van der Waals surface area contributed by atoms with E-state index >= 15 is 0 Å². The van der Waals surface area contributed by atoms with E-state index in [2.05, 4.69) is 16.6 Å². The van der Waals surface area contributed by atoms with Gasteiger partial charge >= 0.3 is 0 Å². The van der Waals surface area contributed by atoms with Gasteiger partial charge in [-0.05, 0) is 25.0 Å². The molecule has 0 aliphatic heterocycles. The number of thiazole rings is 1. The molecule has 4 nitrogen and oxygen atoms in total. The van der Waals surface area contributed by atoms with E-state index in [0.717, 1.165) is 29.7 Å². The molecule has 0 amide bonds. The number of rotatable bonds is 5. The Bertz CT molecular complexity index is 711. The monoisotopic (exact) mass is 330 g/mol. The van der Waals surface area contributed by atoms with Crippen LogP contribution >= 0.6 is 22.9 Å². The van der Waals surface area contributed by atoms with E-state index < -0.39 is 10.0 Å². The van der Waals surface area contributed by atoms with Crippen LogP contribution in [0.2, 0.25) is 4.47 Å². The standard InChI is InChI=1S/C13H15ClN2O2S2/c1-3-6-10-7-4-5-8-11(10)16-20(17,18)12-9(2)15-13(14)19-12/h4-5,7-8,16H,3,6H2,1-2H3. The SMILES string of the molecule is CCCc1ccccc1NS(=O)(=O)c1sc(Cl)nc1C. The molecule has 0 bridgehead atoms. The lowest BCUT2D eigenvalue weighted by Gasteiger charge is -2.11. The van der Waals surface area contributed by atoms with Crippen molar-refractivity contribution in [2.75, 3.05) is 4.72 Å². The van der Waals surface area contributed by atoms with Gasteiger partial charge in [0.1, 0.15) is 0 Å². The highest BCUT2D eigenvalue weighted by Gasteiger charge is 2.22. The predicted molar refractivity (Wildman–Crippen MR) is 83.1 cm³/mol. The van der Waals surface area contributed by atoms with Crippen LogP contribution in [0.4, 0.5) is 5.69 Å². The van der Waals surface area contributed by atoms with Crippen molar-refractivity contribution in [2.24, 2.45) is 0 Å². The summed E-state index contributed by atoms with van der Waals surface area (Å²) in [5.74, 6) is 0. The number of para-hydroxylation sites is 1. The first-order valence-electron chi connectivity index (χ1n) is 6.17. The van der Waals surface area contributed by atoms with Crippen LogP contribution in [0, 0.1) is 6.92 Å². The number of hydrogen-bond acceptors (Lipinski definition) is 4. The maximum Gasteiger partial charge on any atom is 0.273 e. The zero-order valence-electron chi connectivity index (χ0n) is 11.2. The normalized spacial score (nSPS) is 11.6. The maximum absolute atomic E-state index is 12.4. The zero-order valence-corrected chi connectivity index (χ0v) is 13.6. The Labute approximate surface area is 127 Å². The first-order chi connectivity index (χ1) is 9.44. The van der Waals surface area contributed by atoms with Crippen LogP contribution in [-0.4, -0.2) is 13.4 Å². The third kappa shape index (κ3) is 3.31. The van der Waals surface area contributed by atoms with Gasteiger partial charge in [-0.1, -0.05) is 54.5 Å². The molecule has 20 heavy (non-hydrogen) atoms. The third-order valence-corrected chi connectivity index (χ3v) is 5.99. The van der Waals surface area contributed by atoms with Crippen molar-refractivity contribution in [3.05, 3.63) is 40.0 Å². The number of benzene rings is 1. The van der Waals surface area contributed by atoms with E-state index in [9.17, 15) is 8.42 Å². The van der Waals surface area contributed by atoms with Crippen molar-refractivity contribution in [2.45, 2.75) is 30.9 Å². The lowest BCUT2D eigenvalue weighted by Crippen LogP contribution is -2.14. The second kappa shape index (κ2) is 6.11. The fourth-order valence-corrected chi connectivity index (χ4v) is 4.74. The van der Waals surface area contributed by atoms with Gasteiger partial charge in [0.05, 0.1) is 11.4 Å². The molecule has 1 aromatic carbocycles. The van der Waals surface area contributed by atoms with E-state index in [-0.39, 0.29) is 8.68 Å². The molecular weight excluding hydrogens is 316 g/mol. The van der Waals surface area contributed by atoms with E-state index in [0.29, 0.717) is 11.4 Å². The molecule has 0 aliphatic carbocycles. The maximum atomic E-state index is 12.4. The van der Waals surface area contributed by atoms with Crippen LogP contribution in [0.5, 0.6) is 0 Å². The summed E-state index contributed by atoms with van der Waals surface area (Å²) in [6, 6.07) is 7.40. The van der Waals surface area contributed by atoms with Gasteiger partial charge < -0.3 is 0 Å². The van der Waals surface area contributed by atoms with Crippen molar-refractivity contribution >= 4 is 38.6 Å². The Kier molecular flexibility index (Phi) is 4.67. The minimum absolute atomic E-state index is 0.161. The number of aryl methyl sites for hydroxylation is 2. The quantitative estimate of drug-likeness (QED) is 0.905. The number of aromatic nitrogens is 1. The summed E-state index contributed by atoms with van der Waals surface area (Å²) in [5, 5.41) is 0. The number of nitrogens with one attached hydrogen (secondary N) is 1. The summed E-state index contributed by atoms with van der Waals surface area (Å²) in [6.45, 7) is 3.69. The number of nitrogens with zero attached hydrogens (tertiary/aromatic N) is 1. The summed E-state index contributed by atoms with van der Waals surface area (Å²) >= 11 is 6.73. The minimum Gasteiger partial charge on any atom is -0.279 e. The molecule has 2 rings (SSSR count). The summed E-state index contributed by atoms with van der Waals surface area (Å²) < 4.78 is 27.8. The van der Waals surface area contributed by atoms with Gasteiger partial charge in [0, 0.05) is 0 Å². The van der Waals surface area contributed by atoms with Crippen LogP contribution in [-0.2, 0) is 16.4 Å². The third-order valence-electron chi connectivity index (χ3n) is 2.75. The average molecular weight is 331 g/mol. The van der Waals surface area contributed by atoms with Gasteiger partial charge in [-0.25, -0.2) is 13.4 Å². The average Bonchev–Trinajstić information content (AvgIpc) is 2.72. The van der Waals surface area contributed by atoms with Crippen LogP contribution in [0.25, 0.3) is 0 Å². The van der Waals surface area contributed by atoms with Crippen molar-refractivity contribution in [1.82, 2.24) is 4.98 Å². The zero-order chi connectivity index (χ0) is 14.8. The Morgan fingerprint density at radius 1 is 1.35 bits per heavy atom. The first kappa shape index (κ1) is 15.3. The molecule has 0 aliphatic rings. The molecular formula is C13H15ClN2O2S2. The van der Waals surface area contributed by atoms with E-state index in [1.54, 1.807) is 13.0 Å². The van der Waals surface area contributed by atoms with Crippen molar-refractivity contribution in [3.63, 3.8) is 0 Å². The van der Waals surface area contributed by atoms with Gasteiger partial charge in [-0.3, -0.25) is 4.72 Å². The summed E-state index contributed by atoms with van der Waals surface area (Å²) in [6.07, 6.45) is 1.77. The second-order valence-electron chi connectivity index (χ2n) is 4.35. The van der Waals surface area contributed by atoms with E-state index in [1.807, 2.05) is 18.2 Å². The van der Waals surface area contributed by atoms with Crippen LogP contribution < -0.4 is 4.72 Å². The number of sulfonamides is 1. The van der Waals surface area contributed by atoms with Crippen LogP contribution in [0.1, 0.15) is 24.6 Å². The van der Waals surface area contributed by atoms with Crippen molar-refractivity contribution < 1.29 is 8.42 Å². The Hall–Kier alpha value is -1.11. The topological polar surface area (TPSA) is 59.1 Å². The summed E-state index contributed by atoms with van der Waals surface area (Å²) in [7, 11) is -3.64. The Morgan fingerprint density at radius 3 is 2.65 bits per heavy atom. The molecule has 0 unspecified atom stereocenters. The molecule has 108 valence electrons. The second-order valence-corrected chi connectivity index (χ2v) is 7.81. The highest BCUT2D eigenvalue weighted by atomic mass is 35.5. The molecule has 0 spiro atoms. The molecule has 1 N–H and O–H groups in total. The molecule has 7 heteroatoms. The van der Waals surface area contributed by atoms with Gasteiger partial charge in [0.2, 0.25) is 0 Å². The van der Waals surface area contributed by atoms with Gasteiger partial charge in [-0.15, -0.1) is 0 Å². The van der Waals surface area contributed by atoms with Gasteiger partial charge in [0.15, 0.2) is 8.68 Å². The Balaban J connectivity index is 2.36. The molecule has 1 heterocycles. The first-order valence-corrected chi connectivity index (χ1v) is 8.85. The van der Waals surface area contributed by atoms with Crippen LogP contribution in [0.15, 0.2) is 28.5 Å². The molecule has 0 fully saturated rings. The van der Waals surface area contributed by atoms with Gasteiger partial charge in [-0.2, -0.15) is 0 Å². The number of anilines is 1.